The Balaban J connectivity index is 0.00000131. The number of likely N-dealkylation sites (tertiary alicyclic amines) is 2. The Labute approximate surface area is 176 Å². The van der Waals surface area contributed by atoms with Gasteiger partial charge in [0.15, 0.2) is 0 Å². The minimum absolute atomic E-state index is 0. The Morgan fingerprint density at radius 2 is 1.81 bits per heavy atom. The van der Waals surface area contributed by atoms with E-state index in [2.05, 4.69) is 15.1 Å². The normalized spacial score (nSPS) is 29.4. The number of carbonyl (C=O) groups is 1. The molecule has 0 bridgehead atoms. The van der Waals surface area contributed by atoms with Gasteiger partial charge in [-0.15, -0.1) is 24.8 Å². The Bertz CT molecular complexity index is 461. The first kappa shape index (κ1) is 23.2. The SMILES string of the molecule is Cl.Cl.O=C1CCCN1CCC1CCN(C2CCOC3(CCNCC3)C2)CC1. The molecule has 0 aromatic heterocycles. The predicted octanol–water partition coefficient (Wildman–Crippen LogP) is 2.86. The summed E-state index contributed by atoms with van der Waals surface area (Å²) >= 11 is 0. The summed E-state index contributed by atoms with van der Waals surface area (Å²) in [6, 6.07) is 0.730. The van der Waals surface area contributed by atoms with Gasteiger partial charge in [-0.2, -0.15) is 0 Å². The van der Waals surface area contributed by atoms with E-state index in [9.17, 15) is 4.79 Å². The summed E-state index contributed by atoms with van der Waals surface area (Å²) in [6.45, 7) is 7.67. The molecule has 27 heavy (non-hydrogen) atoms. The highest BCUT2D eigenvalue weighted by Crippen LogP contribution is 2.36. The molecule has 5 nitrogen and oxygen atoms in total. The molecular weight excluding hydrogens is 385 g/mol. The fourth-order valence-electron chi connectivity index (χ4n) is 5.43. The fourth-order valence-corrected chi connectivity index (χ4v) is 5.43. The number of halogens is 2. The maximum absolute atomic E-state index is 11.8. The van der Waals surface area contributed by atoms with Crippen LogP contribution in [0.5, 0.6) is 0 Å². The van der Waals surface area contributed by atoms with Crippen LogP contribution in [0.15, 0.2) is 0 Å². The number of carbonyl (C=O) groups excluding carboxylic acids is 1. The van der Waals surface area contributed by atoms with E-state index in [-0.39, 0.29) is 30.4 Å². The topological polar surface area (TPSA) is 44.8 Å². The molecule has 1 N–H and O–H groups in total. The molecule has 0 radical (unpaired) electrons. The molecule has 4 aliphatic rings. The van der Waals surface area contributed by atoms with Gasteiger partial charge in [0.2, 0.25) is 5.91 Å². The molecule has 0 aromatic rings. The van der Waals surface area contributed by atoms with E-state index in [0.29, 0.717) is 5.91 Å². The van der Waals surface area contributed by atoms with Gasteiger partial charge in [0.1, 0.15) is 0 Å². The first-order valence-electron chi connectivity index (χ1n) is 10.6. The van der Waals surface area contributed by atoms with Gasteiger partial charge >= 0.3 is 0 Å². The largest absolute Gasteiger partial charge is 0.375 e. The molecule has 1 atom stereocenters. The quantitative estimate of drug-likeness (QED) is 0.757. The van der Waals surface area contributed by atoms with Crippen LogP contribution in [-0.4, -0.2) is 73.2 Å². The van der Waals surface area contributed by atoms with E-state index in [1.807, 2.05) is 0 Å². The van der Waals surface area contributed by atoms with Crippen molar-refractivity contribution in [3.63, 3.8) is 0 Å². The molecule has 1 amide bonds. The monoisotopic (exact) mass is 421 g/mol. The van der Waals surface area contributed by atoms with E-state index in [1.54, 1.807) is 0 Å². The van der Waals surface area contributed by atoms with Crippen molar-refractivity contribution >= 4 is 30.7 Å². The standard InChI is InChI=1S/C20H35N3O2.2ClH/c24-19-2-1-11-23(19)14-5-17-3-12-22(13-4-17)18-6-15-25-20(16-18)7-9-21-10-8-20;;/h17-18,21H,1-16H2;2*1H. The van der Waals surface area contributed by atoms with E-state index in [4.69, 9.17) is 4.74 Å². The fraction of sp³-hybridized carbons (Fsp3) is 0.950. The Kier molecular flexibility index (Phi) is 9.14. The van der Waals surface area contributed by atoms with E-state index >= 15 is 0 Å². The van der Waals surface area contributed by atoms with Crippen molar-refractivity contribution in [2.45, 2.75) is 69.4 Å². The number of hydrogen-bond donors (Lipinski definition) is 1. The first-order chi connectivity index (χ1) is 12.2. The number of nitrogens with zero attached hydrogens (tertiary/aromatic N) is 2. The van der Waals surface area contributed by atoms with Gasteiger partial charge in [-0.25, -0.2) is 0 Å². The highest BCUT2D eigenvalue weighted by atomic mass is 35.5. The maximum Gasteiger partial charge on any atom is 0.222 e. The number of hydrogen-bond acceptors (Lipinski definition) is 4. The maximum atomic E-state index is 11.8. The summed E-state index contributed by atoms with van der Waals surface area (Å²) in [7, 11) is 0. The molecule has 0 aliphatic carbocycles. The zero-order valence-corrected chi connectivity index (χ0v) is 18.1. The third-order valence-corrected chi connectivity index (χ3v) is 7.13. The van der Waals surface area contributed by atoms with Crippen LogP contribution < -0.4 is 5.32 Å². The third-order valence-electron chi connectivity index (χ3n) is 7.13. The molecule has 4 saturated heterocycles. The average Bonchev–Trinajstić information content (AvgIpc) is 3.06. The number of ether oxygens (including phenoxy) is 1. The Hall–Kier alpha value is -0.0700. The van der Waals surface area contributed by atoms with Crippen LogP contribution in [0.1, 0.15) is 57.8 Å². The molecule has 7 heteroatoms. The predicted molar refractivity (Wildman–Crippen MR) is 113 cm³/mol. The van der Waals surface area contributed by atoms with Crippen LogP contribution in [0.4, 0.5) is 0 Å². The Morgan fingerprint density at radius 1 is 1.07 bits per heavy atom. The molecule has 4 fully saturated rings. The van der Waals surface area contributed by atoms with Gasteiger partial charge in [-0.05, 0) is 83.5 Å². The van der Waals surface area contributed by atoms with Crippen molar-refractivity contribution in [3.05, 3.63) is 0 Å². The number of nitrogens with one attached hydrogen (secondary N) is 1. The van der Waals surface area contributed by atoms with Gasteiger partial charge in [0, 0.05) is 32.2 Å². The van der Waals surface area contributed by atoms with Gasteiger partial charge in [0.05, 0.1) is 5.60 Å². The van der Waals surface area contributed by atoms with Crippen LogP contribution in [0, 0.1) is 5.92 Å². The zero-order valence-electron chi connectivity index (χ0n) is 16.5. The highest BCUT2D eigenvalue weighted by Gasteiger charge is 2.40. The lowest BCUT2D eigenvalue weighted by molar-refractivity contribution is -0.127. The summed E-state index contributed by atoms with van der Waals surface area (Å²) in [4.78, 5) is 16.6. The lowest BCUT2D eigenvalue weighted by atomic mass is 9.81. The summed E-state index contributed by atoms with van der Waals surface area (Å²) in [5.41, 5.74) is 0.168. The van der Waals surface area contributed by atoms with Crippen molar-refractivity contribution in [2.24, 2.45) is 5.92 Å². The average molecular weight is 422 g/mol. The molecule has 1 spiro atoms. The summed E-state index contributed by atoms with van der Waals surface area (Å²) < 4.78 is 6.25. The van der Waals surface area contributed by atoms with Crippen LogP contribution in [0.25, 0.3) is 0 Å². The zero-order chi connectivity index (χ0) is 17.1. The molecule has 0 aromatic carbocycles. The van der Waals surface area contributed by atoms with Crippen LogP contribution >= 0.6 is 24.8 Å². The molecule has 4 rings (SSSR count). The van der Waals surface area contributed by atoms with Gasteiger partial charge in [0.25, 0.3) is 0 Å². The number of amides is 1. The summed E-state index contributed by atoms with van der Waals surface area (Å²) in [6.07, 6.45) is 10.5. The minimum atomic E-state index is 0. The molecular formula is C20H37Cl2N3O2. The second-order valence-corrected chi connectivity index (χ2v) is 8.68. The Morgan fingerprint density at radius 3 is 2.48 bits per heavy atom. The van der Waals surface area contributed by atoms with E-state index in [1.165, 1.54) is 58.0 Å². The molecule has 1 unspecified atom stereocenters. The lowest BCUT2D eigenvalue weighted by Crippen LogP contribution is -2.54. The van der Waals surface area contributed by atoms with E-state index < -0.39 is 0 Å². The smallest absolute Gasteiger partial charge is 0.222 e. The second-order valence-electron chi connectivity index (χ2n) is 8.68. The van der Waals surface area contributed by atoms with Gasteiger partial charge in [-0.1, -0.05) is 0 Å². The minimum Gasteiger partial charge on any atom is -0.375 e. The molecule has 4 aliphatic heterocycles. The highest BCUT2D eigenvalue weighted by molar-refractivity contribution is 5.85. The number of piperidine rings is 2. The van der Waals surface area contributed by atoms with Crippen molar-refractivity contribution < 1.29 is 9.53 Å². The second kappa shape index (κ2) is 10.6. The van der Waals surface area contributed by atoms with Crippen molar-refractivity contribution in [1.82, 2.24) is 15.1 Å². The summed E-state index contributed by atoms with van der Waals surface area (Å²) in [5.74, 6) is 1.20. The van der Waals surface area contributed by atoms with Crippen molar-refractivity contribution in [1.29, 1.82) is 0 Å². The first-order valence-corrected chi connectivity index (χ1v) is 10.6. The van der Waals surface area contributed by atoms with E-state index in [0.717, 1.165) is 57.6 Å². The van der Waals surface area contributed by atoms with Crippen molar-refractivity contribution in [3.8, 4) is 0 Å². The van der Waals surface area contributed by atoms with Crippen LogP contribution in [0.3, 0.4) is 0 Å². The molecule has 0 saturated carbocycles. The third kappa shape index (κ3) is 5.72. The molecule has 4 heterocycles. The molecule has 158 valence electrons. The summed E-state index contributed by atoms with van der Waals surface area (Å²) in [5, 5.41) is 3.48. The van der Waals surface area contributed by atoms with Gasteiger partial charge < -0.3 is 19.9 Å². The number of rotatable bonds is 4. The van der Waals surface area contributed by atoms with Crippen LogP contribution in [-0.2, 0) is 9.53 Å². The lowest BCUT2D eigenvalue weighted by Gasteiger charge is -2.48. The van der Waals surface area contributed by atoms with Crippen molar-refractivity contribution in [2.75, 3.05) is 45.9 Å². The van der Waals surface area contributed by atoms with Gasteiger partial charge in [-0.3, -0.25) is 4.79 Å². The van der Waals surface area contributed by atoms with Crippen LogP contribution in [0.2, 0.25) is 0 Å².